The predicted molar refractivity (Wildman–Crippen MR) is 141 cm³/mol. The number of aryl methyl sites for hydroxylation is 2. The summed E-state index contributed by atoms with van der Waals surface area (Å²) in [4.78, 5) is 30.0. The molecule has 3 aliphatic rings. The predicted octanol–water partition coefficient (Wildman–Crippen LogP) is 5.05. The molecule has 1 amide bonds. The molecule has 3 atom stereocenters. The third-order valence-corrected chi connectivity index (χ3v) is 8.91. The number of aromatic nitrogens is 2. The van der Waals surface area contributed by atoms with E-state index in [0.717, 1.165) is 46.9 Å². The van der Waals surface area contributed by atoms with Crippen LogP contribution in [0.15, 0.2) is 48.5 Å². The van der Waals surface area contributed by atoms with Crippen LogP contribution in [0, 0.1) is 17.8 Å². The van der Waals surface area contributed by atoms with E-state index in [9.17, 15) is 9.59 Å². The quantitative estimate of drug-likeness (QED) is 0.369. The van der Waals surface area contributed by atoms with Gasteiger partial charge in [-0.25, -0.2) is 0 Å². The van der Waals surface area contributed by atoms with E-state index in [1.807, 2.05) is 41.3 Å². The topological polar surface area (TPSA) is 66.4 Å². The summed E-state index contributed by atoms with van der Waals surface area (Å²) in [6.07, 6.45) is 3.69. The summed E-state index contributed by atoms with van der Waals surface area (Å²) < 4.78 is 0. The van der Waals surface area contributed by atoms with Gasteiger partial charge in [0.2, 0.25) is 5.91 Å². The molecule has 2 aliphatic heterocycles. The molecular formula is C28H29ClN4O2S. The summed E-state index contributed by atoms with van der Waals surface area (Å²) in [6, 6.07) is 16.1. The maximum Gasteiger partial charge on any atom is 0.227 e. The number of amides is 1. The molecule has 1 saturated carbocycles. The second-order valence-corrected chi connectivity index (χ2v) is 11.9. The number of likely N-dealkylation sites (tertiary alicyclic amines) is 1. The van der Waals surface area contributed by atoms with E-state index in [-0.39, 0.29) is 17.6 Å². The Kier molecular flexibility index (Phi) is 6.63. The summed E-state index contributed by atoms with van der Waals surface area (Å²) in [5.41, 5.74) is 3.39. The first kappa shape index (κ1) is 23.8. The van der Waals surface area contributed by atoms with Crippen LogP contribution in [0.3, 0.4) is 0 Å². The Morgan fingerprint density at radius 1 is 0.944 bits per heavy atom. The van der Waals surface area contributed by atoms with Gasteiger partial charge in [-0.2, -0.15) is 0 Å². The standard InChI is InChI=1S/C28H29ClN4O2S/c29-23-6-1-18(2-7-23)5-10-26-30-31-28(36-26)25(34)11-20-12-27(35)33(15-20)24-8-3-19(4-9-24)14-32-16-21-13-22(21)17-32/h1-4,6-9,20-22H,5,10-17H2. The number of ketones is 1. The van der Waals surface area contributed by atoms with E-state index in [0.29, 0.717) is 24.4 Å². The van der Waals surface area contributed by atoms with Crippen LogP contribution in [0.5, 0.6) is 0 Å². The lowest BCUT2D eigenvalue weighted by Gasteiger charge is -2.19. The number of piperidine rings is 1. The van der Waals surface area contributed by atoms with Gasteiger partial charge in [-0.15, -0.1) is 10.2 Å². The van der Waals surface area contributed by atoms with Crippen LogP contribution < -0.4 is 4.90 Å². The van der Waals surface area contributed by atoms with Gasteiger partial charge in [0.25, 0.3) is 0 Å². The first-order valence-corrected chi connectivity index (χ1v) is 13.9. The van der Waals surface area contributed by atoms with Crippen LogP contribution in [-0.2, 0) is 24.2 Å². The van der Waals surface area contributed by atoms with Crippen LogP contribution in [0.1, 0.15) is 45.2 Å². The van der Waals surface area contributed by atoms with Crippen LogP contribution in [0.4, 0.5) is 5.69 Å². The number of hydrogen-bond acceptors (Lipinski definition) is 6. The van der Waals surface area contributed by atoms with Crippen molar-refractivity contribution in [2.45, 2.75) is 38.6 Å². The largest absolute Gasteiger partial charge is 0.312 e. The number of rotatable bonds is 9. The molecule has 6 rings (SSSR count). The van der Waals surface area contributed by atoms with Gasteiger partial charge >= 0.3 is 0 Å². The van der Waals surface area contributed by atoms with Crippen molar-refractivity contribution in [3.8, 4) is 0 Å². The van der Waals surface area contributed by atoms with Crippen molar-refractivity contribution in [3.63, 3.8) is 0 Å². The lowest BCUT2D eigenvalue weighted by atomic mass is 10.0. The second-order valence-electron chi connectivity index (χ2n) is 10.4. The maximum atomic E-state index is 12.9. The minimum absolute atomic E-state index is 0.00224. The summed E-state index contributed by atoms with van der Waals surface area (Å²) in [5, 5.41) is 10.4. The Morgan fingerprint density at radius 3 is 2.42 bits per heavy atom. The molecule has 0 spiro atoms. The number of Topliss-reactive ketones (excluding diaryl/α,β-unsaturated/α-hetero) is 1. The number of nitrogens with zero attached hydrogens (tertiary/aromatic N) is 4. The summed E-state index contributed by atoms with van der Waals surface area (Å²) in [7, 11) is 0. The Morgan fingerprint density at radius 2 is 1.67 bits per heavy atom. The zero-order valence-corrected chi connectivity index (χ0v) is 21.7. The van der Waals surface area contributed by atoms with Crippen molar-refractivity contribution < 1.29 is 9.59 Å². The zero-order chi connectivity index (χ0) is 24.6. The molecule has 1 aliphatic carbocycles. The number of benzene rings is 2. The summed E-state index contributed by atoms with van der Waals surface area (Å²) >= 11 is 7.31. The highest BCUT2D eigenvalue weighted by Crippen LogP contribution is 2.45. The number of carbonyl (C=O) groups excluding carboxylic acids is 2. The van der Waals surface area contributed by atoms with Crippen molar-refractivity contribution in [1.29, 1.82) is 0 Å². The molecule has 1 aromatic heterocycles. The summed E-state index contributed by atoms with van der Waals surface area (Å²) in [5.74, 6) is 1.94. The van der Waals surface area contributed by atoms with Crippen LogP contribution in [0.2, 0.25) is 5.02 Å². The van der Waals surface area contributed by atoms with Gasteiger partial charge in [-0.3, -0.25) is 14.5 Å². The monoisotopic (exact) mass is 520 g/mol. The minimum atomic E-state index is -0.0242. The van der Waals surface area contributed by atoms with E-state index < -0.39 is 0 Å². The number of hydrogen-bond donors (Lipinski definition) is 0. The molecule has 2 saturated heterocycles. The third kappa shape index (κ3) is 5.38. The molecule has 3 aromatic rings. The van der Waals surface area contributed by atoms with E-state index in [1.165, 1.54) is 42.0 Å². The minimum Gasteiger partial charge on any atom is -0.312 e. The highest BCUT2D eigenvalue weighted by molar-refractivity contribution is 7.13. The van der Waals surface area contributed by atoms with Gasteiger partial charge < -0.3 is 4.90 Å². The molecule has 3 unspecified atom stereocenters. The molecule has 36 heavy (non-hydrogen) atoms. The van der Waals surface area contributed by atoms with Crippen LogP contribution in [-0.4, -0.2) is 46.4 Å². The molecule has 2 aromatic carbocycles. The summed E-state index contributed by atoms with van der Waals surface area (Å²) in [6.45, 7) is 4.01. The normalized spacial score (nSPS) is 23.3. The van der Waals surface area contributed by atoms with Gasteiger partial charge in [0.05, 0.1) is 0 Å². The lowest BCUT2D eigenvalue weighted by Crippen LogP contribution is -2.25. The van der Waals surface area contributed by atoms with Crippen molar-refractivity contribution in [3.05, 3.63) is 74.7 Å². The average Bonchev–Trinajstić information content (AvgIpc) is 3.21. The van der Waals surface area contributed by atoms with E-state index in [1.54, 1.807) is 0 Å². The lowest BCUT2D eigenvalue weighted by molar-refractivity contribution is -0.117. The first-order valence-electron chi connectivity index (χ1n) is 12.7. The fourth-order valence-electron chi connectivity index (χ4n) is 5.55. The Hall–Kier alpha value is -2.61. The van der Waals surface area contributed by atoms with Crippen LogP contribution >= 0.6 is 22.9 Å². The second kappa shape index (κ2) is 10.0. The molecule has 186 valence electrons. The van der Waals surface area contributed by atoms with Gasteiger partial charge in [-0.1, -0.05) is 47.2 Å². The zero-order valence-electron chi connectivity index (χ0n) is 20.1. The molecule has 0 bridgehead atoms. The van der Waals surface area contributed by atoms with Gasteiger partial charge in [0.1, 0.15) is 5.01 Å². The van der Waals surface area contributed by atoms with Gasteiger partial charge in [0.15, 0.2) is 10.8 Å². The molecule has 3 fully saturated rings. The fraction of sp³-hybridized carbons (Fsp3) is 0.429. The Labute approximate surface area is 220 Å². The molecule has 8 heteroatoms. The van der Waals surface area contributed by atoms with E-state index in [4.69, 9.17) is 11.6 Å². The number of fused-ring (bicyclic) bond motifs is 1. The van der Waals surface area contributed by atoms with Crippen LogP contribution in [0.25, 0.3) is 0 Å². The molecule has 0 N–H and O–H groups in total. The van der Waals surface area contributed by atoms with E-state index in [2.05, 4.69) is 27.2 Å². The molecule has 0 radical (unpaired) electrons. The highest BCUT2D eigenvalue weighted by atomic mass is 35.5. The Balaban J connectivity index is 1.00. The maximum absolute atomic E-state index is 12.9. The average molecular weight is 521 g/mol. The fourth-order valence-corrected chi connectivity index (χ4v) is 6.46. The molecule has 3 heterocycles. The molecular weight excluding hydrogens is 492 g/mol. The van der Waals surface area contributed by atoms with Gasteiger partial charge in [-0.05, 0) is 66.0 Å². The van der Waals surface area contributed by atoms with Crippen molar-refractivity contribution >= 4 is 40.3 Å². The van der Waals surface area contributed by atoms with Crippen molar-refractivity contribution in [1.82, 2.24) is 15.1 Å². The molecule has 6 nitrogen and oxygen atoms in total. The third-order valence-electron chi connectivity index (χ3n) is 7.63. The number of anilines is 1. The van der Waals surface area contributed by atoms with Crippen molar-refractivity contribution in [2.24, 2.45) is 17.8 Å². The van der Waals surface area contributed by atoms with Crippen molar-refractivity contribution in [2.75, 3.05) is 24.5 Å². The van der Waals surface area contributed by atoms with Gasteiger partial charge in [0, 0.05) is 56.2 Å². The first-order chi connectivity index (χ1) is 17.5. The SMILES string of the molecule is O=C(CC1CC(=O)N(c2ccc(CN3CC4CC4C3)cc2)C1)c1nnc(CCc2ccc(Cl)cc2)s1. The van der Waals surface area contributed by atoms with E-state index >= 15 is 0 Å². The Bertz CT molecular complexity index is 1250. The highest BCUT2D eigenvalue weighted by Gasteiger charge is 2.44. The number of halogens is 1. The number of carbonyl (C=O) groups is 2. The smallest absolute Gasteiger partial charge is 0.227 e.